The molecule has 0 saturated heterocycles. The molecule has 6 nitrogen and oxygen atoms in total. The summed E-state index contributed by atoms with van der Waals surface area (Å²) in [7, 11) is 0. The summed E-state index contributed by atoms with van der Waals surface area (Å²) in [6.07, 6.45) is 103. The highest BCUT2D eigenvalue weighted by Crippen LogP contribution is 2.14. The largest absolute Gasteiger partial charge is 0.462 e. The second kappa shape index (κ2) is 69.0. The Hall–Kier alpha value is -5.49. The van der Waals surface area contributed by atoms with Crippen LogP contribution in [-0.2, 0) is 28.6 Å². The van der Waals surface area contributed by atoms with E-state index in [1.807, 2.05) is 0 Å². The highest BCUT2D eigenvalue weighted by atomic mass is 16.6. The van der Waals surface area contributed by atoms with Crippen LogP contribution in [-0.4, -0.2) is 37.2 Å². The van der Waals surface area contributed by atoms with Gasteiger partial charge >= 0.3 is 17.9 Å². The van der Waals surface area contributed by atoms with Crippen molar-refractivity contribution in [2.75, 3.05) is 13.2 Å². The zero-order chi connectivity index (χ0) is 59.9. The van der Waals surface area contributed by atoms with Crippen molar-refractivity contribution in [1.82, 2.24) is 0 Å². The molecule has 1 atom stereocenters. The smallest absolute Gasteiger partial charge is 0.306 e. The van der Waals surface area contributed by atoms with E-state index in [0.29, 0.717) is 19.3 Å². The van der Waals surface area contributed by atoms with Crippen LogP contribution in [0.3, 0.4) is 0 Å². The van der Waals surface area contributed by atoms with E-state index in [2.05, 4.69) is 203 Å². The summed E-state index contributed by atoms with van der Waals surface area (Å²) in [5.41, 5.74) is 0. The Kier molecular flexibility index (Phi) is 64.4. The minimum atomic E-state index is -0.816. The lowest BCUT2D eigenvalue weighted by molar-refractivity contribution is -0.167. The minimum Gasteiger partial charge on any atom is -0.462 e. The molecule has 6 heteroatoms. The van der Waals surface area contributed by atoms with Gasteiger partial charge < -0.3 is 14.2 Å². The maximum absolute atomic E-state index is 12.9. The van der Waals surface area contributed by atoms with E-state index in [9.17, 15) is 14.4 Å². The van der Waals surface area contributed by atoms with Crippen molar-refractivity contribution in [1.29, 1.82) is 0 Å². The Morgan fingerprint density at radius 1 is 0.253 bits per heavy atom. The molecule has 0 aromatic heterocycles. The molecule has 0 fully saturated rings. The predicted octanol–water partition coefficient (Wildman–Crippen LogP) is 23.2. The molecule has 0 saturated carbocycles. The van der Waals surface area contributed by atoms with Gasteiger partial charge in [-0.3, -0.25) is 14.4 Å². The standard InChI is InChI=1S/C77H120O6/c1-4-7-10-13-16-19-22-25-27-29-30-31-32-33-34-35-36-37-38-39-40-41-42-43-44-45-46-48-49-52-55-58-61-64-67-70-76(79)82-73-74(72-81-75(78)69-66-63-60-57-54-51-24-21-18-15-12-9-6-3)83-77(80)71-68-65-62-59-56-53-50-47-28-26-23-20-17-14-11-8-5-2/h7,9-10,12,16-21,25-28,30-31,33-34,36-37,39-40,42-43,45-46,49,51-52,54,74H,4-6,8,11,13-15,22-24,29,32,35,38,41,44,47-48,50,53,55-73H2,1-3H3/b10-7-,12-9-,19-16-,20-17-,21-18-,27-25-,28-26-,31-30-,34-33-,37-36-,40-39-,43-42-,46-45-,52-49-,54-51-. The third kappa shape index (κ3) is 67.2. The van der Waals surface area contributed by atoms with Crippen molar-refractivity contribution < 1.29 is 28.6 Å². The summed E-state index contributed by atoms with van der Waals surface area (Å²) in [6, 6.07) is 0. The second-order valence-electron chi connectivity index (χ2n) is 21.3. The van der Waals surface area contributed by atoms with Crippen molar-refractivity contribution in [3.05, 3.63) is 182 Å². The average molecular weight is 1140 g/mol. The molecular formula is C77H120O6. The van der Waals surface area contributed by atoms with Crippen molar-refractivity contribution in [3.63, 3.8) is 0 Å². The topological polar surface area (TPSA) is 78.9 Å². The van der Waals surface area contributed by atoms with Crippen molar-refractivity contribution in [2.24, 2.45) is 0 Å². The number of carbonyl (C=O) groups is 3. The number of ether oxygens (including phenoxy) is 3. The first-order valence-corrected chi connectivity index (χ1v) is 33.3. The Balaban J connectivity index is 4.38. The maximum Gasteiger partial charge on any atom is 0.306 e. The molecule has 0 rings (SSSR count). The van der Waals surface area contributed by atoms with Crippen LogP contribution in [0.4, 0.5) is 0 Å². The molecule has 0 aliphatic heterocycles. The highest BCUT2D eigenvalue weighted by Gasteiger charge is 2.19. The van der Waals surface area contributed by atoms with Crippen LogP contribution in [0.25, 0.3) is 0 Å². The van der Waals surface area contributed by atoms with Crippen LogP contribution in [0.2, 0.25) is 0 Å². The normalized spacial score (nSPS) is 13.3. The molecule has 464 valence electrons. The van der Waals surface area contributed by atoms with E-state index < -0.39 is 6.10 Å². The summed E-state index contributed by atoms with van der Waals surface area (Å²) < 4.78 is 16.9. The van der Waals surface area contributed by atoms with Crippen LogP contribution in [0, 0.1) is 0 Å². The zero-order valence-electron chi connectivity index (χ0n) is 53.1. The van der Waals surface area contributed by atoms with E-state index in [1.165, 1.54) is 51.4 Å². The number of hydrogen-bond donors (Lipinski definition) is 0. The highest BCUT2D eigenvalue weighted by molar-refractivity contribution is 5.71. The first-order chi connectivity index (χ1) is 41.0. The van der Waals surface area contributed by atoms with E-state index in [0.717, 1.165) is 173 Å². The van der Waals surface area contributed by atoms with E-state index >= 15 is 0 Å². The Morgan fingerprint density at radius 3 is 0.747 bits per heavy atom. The van der Waals surface area contributed by atoms with Crippen molar-refractivity contribution >= 4 is 17.9 Å². The number of hydrogen-bond acceptors (Lipinski definition) is 6. The van der Waals surface area contributed by atoms with Crippen LogP contribution >= 0.6 is 0 Å². The average Bonchev–Trinajstić information content (AvgIpc) is 3.49. The molecule has 0 aliphatic rings. The van der Waals surface area contributed by atoms with Gasteiger partial charge in [0.1, 0.15) is 13.2 Å². The van der Waals surface area contributed by atoms with Gasteiger partial charge in [0.25, 0.3) is 0 Å². The Bertz CT molecular complexity index is 1940. The summed E-state index contributed by atoms with van der Waals surface area (Å²) in [5.74, 6) is -0.978. The fourth-order valence-electron chi connectivity index (χ4n) is 8.46. The Morgan fingerprint density at radius 2 is 0.470 bits per heavy atom. The number of esters is 3. The van der Waals surface area contributed by atoms with Gasteiger partial charge in [-0.2, -0.15) is 0 Å². The van der Waals surface area contributed by atoms with Crippen LogP contribution in [0.5, 0.6) is 0 Å². The predicted molar refractivity (Wildman–Crippen MR) is 361 cm³/mol. The van der Waals surface area contributed by atoms with E-state index in [1.54, 1.807) is 0 Å². The molecule has 0 N–H and O–H groups in total. The maximum atomic E-state index is 12.9. The van der Waals surface area contributed by atoms with Gasteiger partial charge in [0.05, 0.1) is 0 Å². The first-order valence-electron chi connectivity index (χ1n) is 33.3. The fraction of sp³-hybridized carbons (Fsp3) is 0.571. The summed E-state index contributed by atoms with van der Waals surface area (Å²) in [6.45, 7) is 6.32. The first kappa shape index (κ1) is 77.5. The number of unbranched alkanes of at least 4 members (excludes halogenated alkanes) is 17. The SMILES string of the molecule is CC/C=C\C/C=C\C/C=C\C/C=C\C/C=C\C/C=C\C/C=C\C/C=C\C/C=C\C/C=C\CCCCCCC(=O)OCC(COC(=O)CCCCC/C=C\C/C=C\C/C=C\CC)OC(=O)CCCCCCCCC/C=C\C/C=C\CCCCC. The van der Waals surface area contributed by atoms with Gasteiger partial charge in [-0.05, 0) is 161 Å². The van der Waals surface area contributed by atoms with E-state index in [-0.39, 0.29) is 31.1 Å². The molecule has 0 aromatic carbocycles. The third-order valence-corrected chi connectivity index (χ3v) is 13.4. The molecule has 0 radical (unpaired) electrons. The zero-order valence-corrected chi connectivity index (χ0v) is 53.1. The lowest BCUT2D eigenvalue weighted by Crippen LogP contribution is -2.30. The monoisotopic (exact) mass is 1140 g/mol. The lowest BCUT2D eigenvalue weighted by Gasteiger charge is -2.18. The van der Waals surface area contributed by atoms with Gasteiger partial charge in [0.15, 0.2) is 6.10 Å². The molecule has 83 heavy (non-hydrogen) atoms. The van der Waals surface area contributed by atoms with Crippen LogP contribution < -0.4 is 0 Å². The summed E-state index contributed by atoms with van der Waals surface area (Å²) in [4.78, 5) is 38.3. The Labute approximate surface area is 510 Å². The molecule has 0 spiro atoms. The third-order valence-electron chi connectivity index (χ3n) is 13.4. The molecule has 1 unspecified atom stereocenters. The number of allylic oxidation sites excluding steroid dienone is 30. The van der Waals surface area contributed by atoms with Crippen LogP contribution in [0.15, 0.2) is 182 Å². The number of carbonyl (C=O) groups excluding carboxylic acids is 3. The summed E-state index contributed by atoms with van der Waals surface area (Å²) in [5, 5.41) is 0. The fourth-order valence-corrected chi connectivity index (χ4v) is 8.46. The second-order valence-corrected chi connectivity index (χ2v) is 21.3. The van der Waals surface area contributed by atoms with Gasteiger partial charge in [0, 0.05) is 19.3 Å². The van der Waals surface area contributed by atoms with Gasteiger partial charge in [-0.25, -0.2) is 0 Å². The molecule has 0 aliphatic carbocycles. The van der Waals surface area contributed by atoms with Crippen molar-refractivity contribution in [3.8, 4) is 0 Å². The quantitative estimate of drug-likeness (QED) is 0.0261. The lowest BCUT2D eigenvalue weighted by atomic mass is 10.1. The van der Waals surface area contributed by atoms with Gasteiger partial charge in [-0.1, -0.05) is 267 Å². The number of rotatable bonds is 58. The molecular weight excluding hydrogens is 1020 g/mol. The van der Waals surface area contributed by atoms with Gasteiger partial charge in [-0.15, -0.1) is 0 Å². The van der Waals surface area contributed by atoms with Crippen molar-refractivity contribution in [2.45, 2.75) is 271 Å². The molecule has 0 heterocycles. The summed E-state index contributed by atoms with van der Waals surface area (Å²) >= 11 is 0. The molecule has 0 aromatic rings. The van der Waals surface area contributed by atoms with Crippen LogP contribution in [0.1, 0.15) is 265 Å². The molecule has 0 bridgehead atoms. The van der Waals surface area contributed by atoms with Gasteiger partial charge in [0.2, 0.25) is 0 Å². The molecule has 0 amide bonds. The van der Waals surface area contributed by atoms with E-state index in [4.69, 9.17) is 14.2 Å². The minimum absolute atomic E-state index is 0.112.